The zero-order chi connectivity index (χ0) is 14.9. The third-order valence-electron chi connectivity index (χ3n) is 2.80. The van der Waals surface area contributed by atoms with Crippen LogP contribution in [-0.4, -0.2) is 7.11 Å². The summed E-state index contributed by atoms with van der Waals surface area (Å²) in [6.45, 7) is 0. The second-order valence-electron chi connectivity index (χ2n) is 4.01. The molecule has 1 unspecified atom stereocenters. The molecule has 0 aliphatic heterocycles. The molecule has 0 bridgehead atoms. The molecule has 0 saturated heterocycles. The summed E-state index contributed by atoms with van der Waals surface area (Å²) in [6.07, 6.45) is 0. The smallest absolute Gasteiger partial charge is 0.138 e. The van der Waals surface area contributed by atoms with Gasteiger partial charge in [0.25, 0.3) is 0 Å². The summed E-state index contributed by atoms with van der Waals surface area (Å²) in [7, 11) is 1.51. The first-order chi connectivity index (χ1) is 9.45. The number of hydrogen-bond donors (Lipinski definition) is 0. The Bertz CT molecular complexity index is 621. The fourth-order valence-electron chi connectivity index (χ4n) is 1.80. The quantitative estimate of drug-likeness (QED) is 0.551. The highest BCUT2D eigenvalue weighted by atomic mass is 35.5. The molecule has 0 fully saturated rings. The van der Waals surface area contributed by atoms with Gasteiger partial charge in [-0.3, -0.25) is 0 Å². The molecule has 0 aliphatic rings. The van der Waals surface area contributed by atoms with Crippen molar-refractivity contribution in [2.75, 3.05) is 7.11 Å². The molecule has 0 aromatic heterocycles. The Morgan fingerprint density at radius 2 is 1.50 bits per heavy atom. The second-order valence-corrected chi connectivity index (χ2v) is 6.07. The molecular weight excluding hydrogens is 361 g/mol. The van der Waals surface area contributed by atoms with E-state index >= 15 is 0 Å². The Morgan fingerprint density at radius 3 is 2.05 bits per heavy atom. The summed E-state index contributed by atoms with van der Waals surface area (Å²) in [6, 6.07) is 8.45. The van der Waals surface area contributed by atoms with Gasteiger partial charge in [-0.2, -0.15) is 0 Å². The fourth-order valence-corrected chi connectivity index (χ4v) is 3.51. The monoisotopic (exact) mass is 368 g/mol. The van der Waals surface area contributed by atoms with Crippen LogP contribution in [0.3, 0.4) is 0 Å². The lowest BCUT2D eigenvalue weighted by molar-refractivity contribution is 0.415. The lowest BCUT2D eigenvalue weighted by Crippen LogP contribution is -1.98. The van der Waals surface area contributed by atoms with E-state index in [-0.39, 0.29) is 0 Å². The largest absolute Gasteiger partial charge is 0.495 e. The van der Waals surface area contributed by atoms with Crippen molar-refractivity contribution in [1.82, 2.24) is 0 Å². The van der Waals surface area contributed by atoms with Crippen molar-refractivity contribution < 1.29 is 4.74 Å². The van der Waals surface area contributed by atoms with E-state index in [0.717, 1.165) is 0 Å². The first-order valence-electron chi connectivity index (χ1n) is 5.56. The molecule has 6 heteroatoms. The standard InChI is InChI=1S/C14H9Cl5O/c1-20-12-6-10(17)7(5-11(12)18)14(19)13-8(15)3-2-4-9(13)16/h2-6,14H,1H3. The van der Waals surface area contributed by atoms with E-state index < -0.39 is 5.38 Å². The maximum absolute atomic E-state index is 6.46. The summed E-state index contributed by atoms with van der Waals surface area (Å²) < 4.78 is 5.10. The Labute approximate surface area is 142 Å². The Morgan fingerprint density at radius 1 is 0.900 bits per heavy atom. The Balaban J connectivity index is 2.54. The zero-order valence-electron chi connectivity index (χ0n) is 10.3. The SMILES string of the molecule is COc1cc(Cl)c(C(Cl)c2c(Cl)cccc2Cl)cc1Cl. The number of halogens is 5. The van der Waals surface area contributed by atoms with Crippen LogP contribution in [0.2, 0.25) is 20.1 Å². The van der Waals surface area contributed by atoms with Crippen LogP contribution in [0, 0.1) is 0 Å². The average molecular weight is 370 g/mol. The van der Waals surface area contributed by atoms with Gasteiger partial charge >= 0.3 is 0 Å². The predicted molar refractivity (Wildman–Crippen MR) is 87.2 cm³/mol. The van der Waals surface area contributed by atoms with E-state index in [1.54, 1.807) is 30.3 Å². The summed E-state index contributed by atoms with van der Waals surface area (Å²) >= 11 is 31.1. The number of rotatable bonds is 3. The molecule has 0 amide bonds. The van der Waals surface area contributed by atoms with Gasteiger partial charge in [0, 0.05) is 26.7 Å². The molecule has 0 heterocycles. The van der Waals surface area contributed by atoms with Gasteiger partial charge in [-0.25, -0.2) is 0 Å². The maximum Gasteiger partial charge on any atom is 0.138 e. The second kappa shape index (κ2) is 6.64. The number of benzene rings is 2. The van der Waals surface area contributed by atoms with Crippen molar-refractivity contribution >= 4 is 58.0 Å². The summed E-state index contributed by atoms with van der Waals surface area (Å²) in [5.74, 6) is 0.481. The fraction of sp³-hybridized carbons (Fsp3) is 0.143. The van der Waals surface area contributed by atoms with E-state index in [4.69, 9.17) is 62.7 Å². The maximum atomic E-state index is 6.46. The van der Waals surface area contributed by atoms with Crippen LogP contribution in [0.25, 0.3) is 0 Å². The van der Waals surface area contributed by atoms with Gasteiger partial charge in [-0.05, 0) is 23.8 Å². The van der Waals surface area contributed by atoms with Crippen molar-refractivity contribution in [3.8, 4) is 5.75 Å². The summed E-state index contributed by atoms with van der Waals surface area (Å²) in [4.78, 5) is 0. The summed E-state index contributed by atoms with van der Waals surface area (Å²) in [5, 5.41) is 1.19. The molecule has 2 aromatic carbocycles. The Kier molecular flexibility index (Phi) is 5.33. The van der Waals surface area contributed by atoms with Gasteiger partial charge in [0.2, 0.25) is 0 Å². The van der Waals surface area contributed by atoms with Crippen molar-refractivity contribution in [3.05, 3.63) is 61.5 Å². The highest BCUT2D eigenvalue weighted by Crippen LogP contribution is 2.43. The minimum atomic E-state index is -0.605. The molecule has 0 N–H and O–H groups in total. The molecule has 20 heavy (non-hydrogen) atoms. The number of hydrogen-bond acceptors (Lipinski definition) is 1. The molecule has 1 atom stereocenters. The van der Waals surface area contributed by atoms with Crippen molar-refractivity contribution in [2.24, 2.45) is 0 Å². The number of alkyl halides is 1. The third kappa shape index (κ3) is 3.13. The number of ether oxygens (including phenoxy) is 1. The lowest BCUT2D eigenvalue weighted by atomic mass is 10.0. The van der Waals surface area contributed by atoms with Crippen LogP contribution in [0.1, 0.15) is 16.5 Å². The van der Waals surface area contributed by atoms with Gasteiger partial charge in [0.15, 0.2) is 0 Å². The highest BCUT2D eigenvalue weighted by molar-refractivity contribution is 6.39. The van der Waals surface area contributed by atoms with Crippen LogP contribution in [0.15, 0.2) is 30.3 Å². The predicted octanol–water partition coefficient (Wildman–Crippen LogP) is 6.64. The molecular formula is C14H9Cl5O. The molecule has 0 radical (unpaired) electrons. The first-order valence-corrected chi connectivity index (χ1v) is 7.51. The molecule has 1 nitrogen and oxygen atoms in total. The van der Waals surface area contributed by atoms with Crippen LogP contribution in [-0.2, 0) is 0 Å². The molecule has 106 valence electrons. The minimum absolute atomic E-state index is 0.417. The van der Waals surface area contributed by atoms with Crippen LogP contribution in [0.4, 0.5) is 0 Å². The molecule has 2 aromatic rings. The van der Waals surface area contributed by atoms with Gasteiger partial charge in [0.1, 0.15) is 5.75 Å². The molecule has 0 spiro atoms. The van der Waals surface area contributed by atoms with Crippen molar-refractivity contribution in [1.29, 1.82) is 0 Å². The summed E-state index contributed by atoms with van der Waals surface area (Å²) in [5.41, 5.74) is 1.22. The molecule has 0 saturated carbocycles. The van der Waals surface area contributed by atoms with E-state index in [0.29, 0.717) is 37.0 Å². The molecule has 2 rings (SSSR count). The third-order valence-corrected chi connectivity index (χ3v) is 4.53. The van der Waals surface area contributed by atoms with Crippen molar-refractivity contribution in [2.45, 2.75) is 5.38 Å². The van der Waals surface area contributed by atoms with Gasteiger partial charge < -0.3 is 4.74 Å². The van der Waals surface area contributed by atoms with Gasteiger partial charge in [-0.15, -0.1) is 11.6 Å². The van der Waals surface area contributed by atoms with E-state index in [2.05, 4.69) is 0 Å². The van der Waals surface area contributed by atoms with Crippen LogP contribution >= 0.6 is 58.0 Å². The topological polar surface area (TPSA) is 9.23 Å². The highest BCUT2D eigenvalue weighted by Gasteiger charge is 2.21. The minimum Gasteiger partial charge on any atom is -0.495 e. The van der Waals surface area contributed by atoms with Crippen LogP contribution < -0.4 is 4.74 Å². The normalized spacial score (nSPS) is 12.3. The van der Waals surface area contributed by atoms with E-state index in [1.807, 2.05) is 0 Å². The van der Waals surface area contributed by atoms with Gasteiger partial charge in [0.05, 0.1) is 17.5 Å². The van der Waals surface area contributed by atoms with E-state index in [1.165, 1.54) is 7.11 Å². The molecule has 0 aliphatic carbocycles. The van der Waals surface area contributed by atoms with Gasteiger partial charge in [-0.1, -0.05) is 52.5 Å². The van der Waals surface area contributed by atoms with E-state index in [9.17, 15) is 0 Å². The van der Waals surface area contributed by atoms with Crippen LogP contribution in [0.5, 0.6) is 5.75 Å². The number of methoxy groups -OCH3 is 1. The first kappa shape index (κ1) is 16.1. The Hall–Kier alpha value is -0.310. The zero-order valence-corrected chi connectivity index (χ0v) is 14.0. The average Bonchev–Trinajstić information content (AvgIpc) is 2.40. The van der Waals surface area contributed by atoms with Crippen molar-refractivity contribution in [3.63, 3.8) is 0 Å². The lowest BCUT2D eigenvalue weighted by Gasteiger charge is -2.16.